The van der Waals surface area contributed by atoms with Gasteiger partial charge in [0.2, 0.25) is 0 Å². The van der Waals surface area contributed by atoms with Crippen molar-refractivity contribution in [2.75, 3.05) is 10.6 Å². The number of carbonyl (C=O) groups excluding carboxylic acids is 1. The normalized spacial score (nSPS) is 15.2. The number of hydrogen-bond acceptors (Lipinski definition) is 7. The van der Waals surface area contributed by atoms with Gasteiger partial charge in [0.1, 0.15) is 28.9 Å². The van der Waals surface area contributed by atoms with Gasteiger partial charge in [0.25, 0.3) is 16.8 Å². The molecule has 2 heterocycles. The highest BCUT2D eigenvalue weighted by molar-refractivity contribution is 6.32. The van der Waals surface area contributed by atoms with E-state index in [2.05, 4.69) is 10.6 Å². The highest BCUT2D eigenvalue weighted by atomic mass is 35.5. The minimum Gasteiger partial charge on any atom is -0.480 e. The van der Waals surface area contributed by atoms with Crippen LogP contribution in [0.25, 0.3) is 0 Å². The summed E-state index contributed by atoms with van der Waals surface area (Å²) in [5.74, 6) is -0.275. The van der Waals surface area contributed by atoms with Crippen molar-refractivity contribution in [3.63, 3.8) is 0 Å². The van der Waals surface area contributed by atoms with Gasteiger partial charge in [-0.1, -0.05) is 39.3 Å². The molecule has 0 saturated heterocycles. The van der Waals surface area contributed by atoms with E-state index in [9.17, 15) is 24.3 Å². The summed E-state index contributed by atoms with van der Waals surface area (Å²) >= 11 is 6.34. The zero-order valence-corrected chi connectivity index (χ0v) is 21.4. The Labute approximate surface area is 212 Å². The number of benzene rings is 1. The Morgan fingerprint density at radius 3 is 2.36 bits per heavy atom. The molecule has 0 fully saturated rings. The number of halogens is 1. The third-order valence-corrected chi connectivity index (χ3v) is 6.83. The summed E-state index contributed by atoms with van der Waals surface area (Å²) in [5, 5.41) is 16.0. The van der Waals surface area contributed by atoms with Crippen molar-refractivity contribution in [3.05, 3.63) is 72.4 Å². The van der Waals surface area contributed by atoms with Crippen LogP contribution in [0.5, 0.6) is 0 Å². The number of nitrogens with zero attached hydrogens (tertiary/aromatic N) is 1. The molecule has 0 unspecified atom stereocenters. The first kappa shape index (κ1) is 25.5. The number of aliphatic carboxylic acids is 1. The minimum absolute atomic E-state index is 0.0265. The maximum atomic E-state index is 13.3. The van der Waals surface area contributed by atoms with Crippen LogP contribution in [0.15, 0.2) is 38.3 Å². The molecule has 1 amide bonds. The fourth-order valence-corrected chi connectivity index (χ4v) is 4.76. The molecule has 0 spiro atoms. The molecule has 0 aliphatic carbocycles. The number of aryl methyl sites for hydroxylation is 1. The first-order chi connectivity index (χ1) is 16.8. The van der Waals surface area contributed by atoms with Crippen molar-refractivity contribution < 1.29 is 19.1 Å². The summed E-state index contributed by atoms with van der Waals surface area (Å²) in [6.07, 6.45) is 0.224. The molecule has 9 nitrogen and oxygen atoms in total. The van der Waals surface area contributed by atoms with E-state index in [1.807, 2.05) is 39.8 Å². The van der Waals surface area contributed by atoms with Crippen molar-refractivity contribution in [2.24, 2.45) is 5.41 Å². The molecule has 3 N–H and O–H groups in total. The third kappa shape index (κ3) is 4.28. The lowest BCUT2D eigenvalue weighted by Gasteiger charge is -2.31. The van der Waals surface area contributed by atoms with Crippen LogP contribution in [0, 0.1) is 12.3 Å². The van der Waals surface area contributed by atoms with Gasteiger partial charge >= 0.3 is 5.97 Å². The monoisotopic (exact) mass is 513 g/mol. The molecule has 0 bridgehead atoms. The lowest BCUT2D eigenvalue weighted by atomic mass is 9.85. The van der Waals surface area contributed by atoms with E-state index >= 15 is 0 Å². The van der Waals surface area contributed by atoms with Gasteiger partial charge in [-0.05, 0) is 43.0 Å². The van der Waals surface area contributed by atoms with Gasteiger partial charge in [-0.15, -0.1) is 0 Å². The highest BCUT2D eigenvalue weighted by Gasteiger charge is 2.39. The molecular weight excluding hydrogens is 486 g/mol. The Morgan fingerprint density at radius 1 is 1.14 bits per heavy atom. The van der Waals surface area contributed by atoms with Crippen LogP contribution in [0.4, 0.5) is 17.1 Å². The Balaban J connectivity index is 1.70. The summed E-state index contributed by atoms with van der Waals surface area (Å²) in [6.45, 7) is 9.48. The van der Waals surface area contributed by atoms with Crippen LogP contribution < -0.4 is 21.5 Å². The number of carbonyl (C=O) groups is 2. The molecule has 0 saturated carbocycles. The molecule has 0 radical (unpaired) electrons. The van der Waals surface area contributed by atoms with Crippen molar-refractivity contribution in [2.45, 2.75) is 59.7 Å². The Bertz CT molecular complexity index is 1430. The molecule has 1 aliphatic rings. The van der Waals surface area contributed by atoms with Crippen molar-refractivity contribution in [3.8, 4) is 0 Å². The molecule has 1 aromatic heterocycles. The van der Waals surface area contributed by atoms with E-state index in [1.165, 1.54) is 4.90 Å². The minimum atomic E-state index is -1.11. The quantitative estimate of drug-likeness (QED) is 0.373. The van der Waals surface area contributed by atoms with E-state index in [0.29, 0.717) is 16.3 Å². The Kier molecular flexibility index (Phi) is 6.47. The van der Waals surface area contributed by atoms with E-state index in [1.54, 1.807) is 19.1 Å². The van der Waals surface area contributed by atoms with Crippen molar-refractivity contribution in [1.29, 1.82) is 0 Å². The molecule has 10 heteroatoms. The highest BCUT2D eigenvalue weighted by Crippen LogP contribution is 2.40. The number of amides is 1. The average Bonchev–Trinajstić information content (AvgIpc) is 3.38. The van der Waals surface area contributed by atoms with E-state index in [4.69, 9.17) is 16.0 Å². The molecule has 2 atom stereocenters. The molecule has 190 valence electrons. The number of rotatable bonds is 8. The number of carboxylic acids is 1. The van der Waals surface area contributed by atoms with Crippen molar-refractivity contribution in [1.82, 2.24) is 4.90 Å². The zero-order valence-electron chi connectivity index (χ0n) is 20.7. The summed E-state index contributed by atoms with van der Waals surface area (Å²) in [7, 11) is 0. The number of hydrogen-bond donors (Lipinski definition) is 3. The summed E-state index contributed by atoms with van der Waals surface area (Å²) in [5.41, 5.74) is -0.706. The van der Waals surface area contributed by atoms with Crippen LogP contribution >= 0.6 is 11.6 Å². The standard InChI is InChI=1S/C26H28ClN3O6/c1-6-16(25(34)35)30-11-13-14(27)8-9-15(18(13)24(30)33)28-19-20(22(32)21(19)31)29-23(26(3,4)5)17-10-7-12(2)36-17/h7-10,16,23,28-29H,6,11H2,1-5H3,(H,34,35)/t16-,23-/m0/s1. The smallest absolute Gasteiger partial charge is 0.326 e. The first-order valence-corrected chi connectivity index (χ1v) is 12.0. The van der Waals surface area contributed by atoms with Gasteiger partial charge < -0.3 is 25.1 Å². The van der Waals surface area contributed by atoms with Gasteiger partial charge in [-0.2, -0.15) is 0 Å². The third-order valence-electron chi connectivity index (χ3n) is 6.48. The summed E-state index contributed by atoms with van der Waals surface area (Å²) in [6, 6.07) is 5.34. The van der Waals surface area contributed by atoms with Gasteiger partial charge in [0.15, 0.2) is 0 Å². The number of nitrogens with one attached hydrogen (secondary N) is 2. The van der Waals surface area contributed by atoms with Crippen LogP contribution in [0.2, 0.25) is 5.02 Å². The van der Waals surface area contributed by atoms with Crippen LogP contribution in [0.3, 0.4) is 0 Å². The zero-order chi connectivity index (χ0) is 26.5. The number of anilines is 3. The SMILES string of the molecule is CC[C@@H](C(=O)O)N1Cc2c(Cl)ccc(Nc3c(N[C@@H](c4ccc(C)o4)C(C)(C)C)c(=O)c3=O)c2C1=O. The topological polar surface area (TPSA) is 129 Å². The van der Waals surface area contributed by atoms with Gasteiger partial charge in [0, 0.05) is 17.1 Å². The molecule has 4 rings (SSSR count). The molecule has 2 aromatic carbocycles. The second kappa shape index (κ2) is 9.13. The van der Waals surface area contributed by atoms with Crippen LogP contribution in [-0.2, 0) is 11.3 Å². The second-order valence-corrected chi connectivity index (χ2v) is 10.5. The Morgan fingerprint density at radius 2 is 1.81 bits per heavy atom. The predicted molar refractivity (Wildman–Crippen MR) is 137 cm³/mol. The molecular formula is C26H28ClN3O6. The molecule has 36 heavy (non-hydrogen) atoms. The number of fused-ring (bicyclic) bond motifs is 1. The van der Waals surface area contributed by atoms with Gasteiger partial charge in [0.05, 0.1) is 17.3 Å². The van der Waals surface area contributed by atoms with Gasteiger partial charge in [-0.3, -0.25) is 14.4 Å². The number of carboxylic acid groups (broad SMARTS) is 1. The predicted octanol–water partition coefficient (Wildman–Crippen LogP) is 4.60. The van der Waals surface area contributed by atoms with Gasteiger partial charge in [-0.25, -0.2) is 4.79 Å². The van der Waals surface area contributed by atoms with Crippen LogP contribution in [-0.4, -0.2) is 27.9 Å². The Hall–Kier alpha value is -3.59. The van der Waals surface area contributed by atoms with E-state index in [0.717, 1.165) is 5.76 Å². The molecule has 1 aliphatic heterocycles. The van der Waals surface area contributed by atoms with E-state index in [-0.39, 0.29) is 41.0 Å². The van der Waals surface area contributed by atoms with Crippen molar-refractivity contribution >= 4 is 40.5 Å². The summed E-state index contributed by atoms with van der Waals surface area (Å²) in [4.78, 5) is 51.3. The largest absolute Gasteiger partial charge is 0.480 e. The molecule has 3 aromatic rings. The van der Waals surface area contributed by atoms with E-state index < -0.39 is 34.8 Å². The maximum absolute atomic E-state index is 13.3. The lowest BCUT2D eigenvalue weighted by Crippen LogP contribution is -2.41. The fraction of sp³-hybridized carbons (Fsp3) is 0.385. The first-order valence-electron chi connectivity index (χ1n) is 11.6. The fourth-order valence-electron chi connectivity index (χ4n) is 4.54. The average molecular weight is 514 g/mol. The lowest BCUT2D eigenvalue weighted by molar-refractivity contribution is -0.142. The number of furan rings is 1. The maximum Gasteiger partial charge on any atom is 0.326 e. The second-order valence-electron chi connectivity index (χ2n) is 10.1. The summed E-state index contributed by atoms with van der Waals surface area (Å²) < 4.78 is 5.79. The van der Waals surface area contributed by atoms with Crippen LogP contribution in [0.1, 0.15) is 67.6 Å².